The molecule has 0 bridgehead atoms. The number of anilines is 2. The van der Waals surface area contributed by atoms with Crippen LogP contribution in [0.25, 0.3) is 0 Å². The molecule has 3 heteroatoms. The molecule has 1 atom stereocenters. The van der Waals surface area contributed by atoms with Crippen LogP contribution in [0.2, 0.25) is 0 Å². The van der Waals surface area contributed by atoms with Crippen molar-refractivity contribution >= 4 is 17.3 Å². The zero-order valence-corrected chi connectivity index (χ0v) is 14.8. The van der Waals surface area contributed by atoms with Crippen LogP contribution in [0.3, 0.4) is 0 Å². The van der Waals surface area contributed by atoms with Crippen LogP contribution < -0.4 is 10.2 Å². The molecular weight excluding hydrogens is 296 g/mol. The Labute approximate surface area is 144 Å². The van der Waals surface area contributed by atoms with Crippen molar-refractivity contribution in [2.24, 2.45) is 0 Å². The number of nitrogens with one attached hydrogen (secondary N) is 1. The van der Waals surface area contributed by atoms with Crippen LogP contribution in [0.5, 0.6) is 0 Å². The minimum absolute atomic E-state index is 0.146. The molecule has 2 aromatic rings. The van der Waals surface area contributed by atoms with E-state index < -0.39 is 0 Å². The monoisotopic (exact) mass is 322 g/mol. The number of carbonyl (C=O) groups is 1. The SMILES string of the molecule is CCCCCN1C(=O)C(c2ccccc2)Nc2cc(C)c(C)cc21. The Morgan fingerprint density at radius 3 is 2.46 bits per heavy atom. The largest absolute Gasteiger partial charge is 0.368 e. The molecule has 0 fully saturated rings. The molecule has 0 spiro atoms. The van der Waals surface area contributed by atoms with Gasteiger partial charge in [0.05, 0.1) is 11.4 Å². The number of unbranched alkanes of at least 4 members (excludes halogenated alkanes) is 2. The average Bonchev–Trinajstić information content (AvgIpc) is 2.59. The van der Waals surface area contributed by atoms with Crippen LogP contribution in [0.4, 0.5) is 11.4 Å². The molecule has 3 nitrogen and oxygen atoms in total. The number of benzene rings is 2. The van der Waals surface area contributed by atoms with Gasteiger partial charge in [-0.3, -0.25) is 4.79 Å². The zero-order chi connectivity index (χ0) is 17.1. The molecule has 24 heavy (non-hydrogen) atoms. The number of aryl methyl sites for hydroxylation is 2. The van der Waals surface area contributed by atoms with Crippen LogP contribution in [0.1, 0.15) is 48.9 Å². The van der Waals surface area contributed by atoms with Gasteiger partial charge in [-0.2, -0.15) is 0 Å². The molecule has 1 aliphatic rings. The van der Waals surface area contributed by atoms with Gasteiger partial charge < -0.3 is 10.2 Å². The van der Waals surface area contributed by atoms with E-state index in [-0.39, 0.29) is 11.9 Å². The Bertz CT molecular complexity index is 724. The smallest absolute Gasteiger partial charge is 0.254 e. The number of hydrogen-bond donors (Lipinski definition) is 1. The molecular formula is C21H26N2O. The summed E-state index contributed by atoms with van der Waals surface area (Å²) in [5, 5.41) is 3.46. The van der Waals surface area contributed by atoms with E-state index in [1.807, 2.05) is 35.2 Å². The van der Waals surface area contributed by atoms with E-state index in [9.17, 15) is 4.79 Å². The first-order valence-electron chi connectivity index (χ1n) is 8.86. The van der Waals surface area contributed by atoms with Crippen LogP contribution in [-0.2, 0) is 4.79 Å². The number of nitrogens with zero attached hydrogens (tertiary/aromatic N) is 1. The first kappa shape index (κ1) is 16.6. The quantitative estimate of drug-likeness (QED) is 0.786. The Hall–Kier alpha value is -2.29. The minimum Gasteiger partial charge on any atom is -0.368 e. The van der Waals surface area contributed by atoms with Gasteiger partial charge in [-0.25, -0.2) is 0 Å². The summed E-state index contributed by atoms with van der Waals surface area (Å²) in [6.07, 6.45) is 3.34. The lowest BCUT2D eigenvalue weighted by Crippen LogP contribution is -2.43. The second kappa shape index (κ2) is 7.08. The molecule has 1 amide bonds. The molecule has 1 N–H and O–H groups in total. The maximum atomic E-state index is 13.1. The number of fused-ring (bicyclic) bond motifs is 1. The van der Waals surface area contributed by atoms with E-state index in [1.165, 1.54) is 11.1 Å². The van der Waals surface area contributed by atoms with E-state index >= 15 is 0 Å². The lowest BCUT2D eigenvalue weighted by atomic mass is 9.98. The predicted molar refractivity (Wildman–Crippen MR) is 101 cm³/mol. The second-order valence-electron chi connectivity index (χ2n) is 6.64. The summed E-state index contributed by atoms with van der Waals surface area (Å²) in [7, 11) is 0. The maximum Gasteiger partial charge on any atom is 0.254 e. The topological polar surface area (TPSA) is 32.3 Å². The first-order chi connectivity index (χ1) is 11.6. The van der Waals surface area contributed by atoms with E-state index in [0.29, 0.717) is 0 Å². The molecule has 1 aliphatic heterocycles. The van der Waals surface area contributed by atoms with Gasteiger partial charge in [0.2, 0.25) is 0 Å². The highest BCUT2D eigenvalue weighted by molar-refractivity contribution is 6.05. The summed E-state index contributed by atoms with van der Waals surface area (Å²) < 4.78 is 0. The fourth-order valence-corrected chi connectivity index (χ4v) is 3.25. The minimum atomic E-state index is -0.303. The lowest BCUT2D eigenvalue weighted by Gasteiger charge is -2.36. The highest BCUT2D eigenvalue weighted by Crippen LogP contribution is 2.38. The number of rotatable bonds is 5. The first-order valence-corrected chi connectivity index (χ1v) is 8.86. The Morgan fingerprint density at radius 2 is 1.75 bits per heavy atom. The highest BCUT2D eigenvalue weighted by atomic mass is 16.2. The van der Waals surface area contributed by atoms with Gasteiger partial charge in [-0.05, 0) is 49.1 Å². The molecule has 1 heterocycles. The molecule has 0 aromatic heterocycles. The molecule has 0 aliphatic carbocycles. The van der Waals surface area contributed by atoms with Gasteiger partial charge in [0.15, 0.2) is 0 Å². The standard InChI is InChI=1S/C21H26N2O/c1-4-5-9-12-23-19-14-16(3)15(2)13-18(19)22-20(21(23)24)17-10-7-6-8-11-17/h6-8,10-11,13-14,20,22H,4-5,9,12H2,1-3H3. The molecule has 3 rings (SSSR count). The third kappa shape index (κ3) is 3.16. The van der Waals surface area contributed by atoms with Gasteiger partial charge in [0.25, 0.3) is 5.91 Å². The van der Waals surface area contributed by atoms with E-state index in [2.05, 4.69) is 38.2 Å². The van der Waals surface area contributed by atoms with Crippen molar-refractivity contribution in [3.8, 4) is 0 Å². The molecule has 0 radical (unpaired) electrons. The summed E-state index contributed by atoms with van der Waals surface area (Å²) in [6.45, 7) is 7.20. The molecule has 126 valence electrons. The Morgan fingerprint density at radius 1 is 1.04 bits per heavy atom. The normalized spacial score (nSPS) is 16.7. The summed E-state index contributed by atoms with van der Waals surface area (Å²) in [4.78, 5) is 15.1. The van der Waals surface area contributed by atoms with Crippen LogP contribution >= 0.6 is 0 Å². The number of hydrogen-bond acceptors (Lipinski definition) is 2. The molecule has 0 saturated heterocycles. The zero-order valence-electron chi connectivity index (χ0n) is 14.8. The number of amides is 1. The fraction of sp³-hybridized carbons (Fsp3) is 0.381. The summed E-state index contributed by atoms with van der Waals surface area (Å²) in [5.74, 6) is 0.146. The Kier molecular flexibility index (Phi) is 4.89. The van der Waals surface area contributed by atoms with E-state index in [1.54, 1.807) is 0 Å². The van der Waals surface area contributed by atoms with Crippen LogP contribution in [0.15, 0.2) is 42.5 Å². The fourth-order valence-electron chi connectivity index (χ4n) is 3.25. The van der Waals surface area contributed by atoms with Crippen molar-refractivity contribution in [1.82, 2.24) is 0 Å². The van der Waals surface area contributed by atoms with Crippen molar-refractivity contribution in [3.63, 3.8) is 0 Å². The van der Waals surface area contributed by atoms with Crippen LogP contribution in [-0.4, -0.2) is 12.5 Å². The van der Waals surface area contributed by atoms with Gasteiger partial charge in [-0.1, -0.05) is 50.1 Å². The molecule has 1 unspecified atom stereocenters. The summed E-state index contributed by atoms with van der Waals surface area (Å²) >= 11 is 0. The van der Waals surface area contributed by atoms with Gasteiger partial charge >= 0.3 is 0 Å². The second-order valence-corrected chi connectivity index (χ2v) is 6.64. The maximum absolute atomic E-state index is 13.1. The van der Waals surface area contributed by atoms with E-state index in [0.717, 1.165) is 42.7 Å². The average molecular weight is 322 g/mol. The summed E-state index contributed by atoms with van der Waals surface area (Å²) in [5.41, 5.74) is 5.57. The van der Waals surface area contributed by atoms with Crippen molar-refractivity contribution in [1.29, 1.82) is 0 Å². The molecule has 0 saturated carbocycles. The third-order valence-electron chi connectivity index (χ3n) is 4.83. The third-order valence-corrected chi connectivity index (χ3v) is 4.83. The predicted octanol–water partition coefficient (Wildman–Crippen LogP) is 4.99. The van der Waals surface area contributed by atoms with Crippen LogP contribution in [0, 0.1) is 13.8 Å². The van der Waals surface area contributed by atoms with Gasteiger partial charge in [0.1, 0.15) is 6.04 Å². The van der Waals surface area contributed by atoms with Crippen molar-refractivity contribution < 1.29 is 4.79 Å². The summed E-state index contributed by atoms with van der Waals surface area (Å²) in [6, 6.07) is 14.0. The number of carbonyl (C=O) groups excluding carboxylic acids is 1. The van der Waals surface area contributed by atoms with Crippen molar-refractivity contribution in [2.75, 3.05) is 16.8 Å². The highest BCUT2D eigenvalue weighted by Gasteiger charge is 2.33. The lowest BCUT2D eigenvalue weighted by molar-refractivity contribution is -0.119. The Balaban J connectivity index is 1.99. The van der Waals surface area contributed by atoms with E-state index in [4.69, 9.17) is 0 Å². The van der Waals surface area contributed by atoms with Gasteiger partial charge in [-0.15, -0.1) is 0 Å². The van der Waals surface area contributed by atoms with Crippen molar-refractivity contribution in [3.05, 3.63) is 59.2 Å². The molecule has 2 aromatic carbocycles. The van der Waals surface area contributed by atoms with Crippen molar-refractivity contribution in [2.45, 2.75) is 46.1 Å². The van der Waals surface area contributed by atoms with Gasteiger partial charge in [0, 0.05) is 6.54 Å².